The van der Waals surface area contributed by atoms with E-state index >= 15 is 4.39 Å². The SMILES string of the molecule is CC(C)(C)C(=O)Nc1nc(Cl)c2ccn([C@@H]3O[C@H](COCc4ccccc4)[C@@H](OCc4ccccc4)[C@H]3F)c2n1. The van der Waals surface area contributed by atoms with E-state index < -0.39 is 30.0 Å². The van der Waals surface area contributed by atoms with Crippen molar-refractivity contribution in [3.05, 3.63) is 89.2 Å². The van der Waals surface area contributed by atoms with E-state index in [0.29, 0.717) is 17.6 Å². The van der Waals surface area contributed by atoms with Gasteiger partial charge in [-0.25, -0.2) is 4.39 Å². The third-order valence-electron chi connectivity index (χ3n) is 6.65. The van der Waals surface area contributed by atoms with Crippen molar-refractivity contribution in [2.24, 2.45) is 5.41 Å². The van der Waals surface area contributed by atoms with Gasteiger partial charge in [-0.15, -0.1) is 0 Å². The smallest absolute Gasteiger partial charge is 0.232 e. The Morgan fingerprint density at radius 3 is 2.33 bits per heavy atom. The Bertz CT molecular complexity index is 1440. The van der Waals surface area contributed by atoms with E-state index in [2.05, 4.69) is 15.3 Å². The topological polar surface area (TPSA) is 87.5 Å². The quantitative estimate of drug-likeness (QED) is 0.246. The van der Waals surface area contributed by atoms with Crippen LogP contribution in [-0.4, -0.2) is 45.4 Å². The van der Waals surface area contributed by atoms with Crippen LogP contribution in [0.4, 0.5) is 10.3 Å². The van der Waals surface area contributed by atoms with E-state index in [9.17, 15) is 4.79 Å². The summed E-state index contributed by atoms with van der Waals surface area (Å²) in [6.07, 6.45) is -2.51. The molecule has 4 atom stereocenters. The van der Waals surface area contributed by atoms with Gasteiger partial charge in [-0.3, -0.25) is 10.1 Å². The van der Waals surface area contributed by atoms with Crippen molar-refractivity contribution in [1.29, 1.82) is 0 Å². The van der Waals surface area contributed by atoms with Gasteiger partial charge in [0.25, 0.3) is 0 Å². The average molecular weight is 567 g/mol. The average Bonchev–Trinajstić information content (AvgIpc) is 3.49. The van der Waals surface area contributed by atoms with Gasteiger partial charge in [0.1, 0.15) is 23.0 Å². The number of fused-ring (bicyclic) bond motifs is 1. The number of rotatable bonds is 9. The number of nitrogens with one attached hydrogen (secondary N) is 1. The summed E-state index contributed by atoms with van der Waals surface area (Å²) >= 11 is 6.42. The largest absolute Gasteiger partial charge is 0.374 e. The summed E-state index contributed by atoms with van der Waals surface area (Å²) in [5.74, 6) is -0.239. The van der Waals surface area contributed by atoms with Gasteiger partial charge in [0, 0.05) is 11.6 Å². The predicted molar refractivity (Wildman–Crippen MR) is 151 cm³/mol. The van der Waals surface area contributed by atoms with Crippen molar-refractivity contribution >= 4 is 34.5 Å². The van der Waals surface area contributed by atoms with Crippen molar-refractivity contribution in [2.75, 3.05) is 11.9 Å². The normalized spacial score (nSPS) is 21.1. The third-order valence-corrected chi connectivity index (χ3v) is 6.94. The first-order valence-electron chi connectivity index (χ1n) is 13.1. The number of aromatic nitrogens is 3. The molecule has 1 N–H and O–H groups in total. The second-order valence-electron chi connectivity index (χ2n) is 10.8. The highest BCUT2D eigenvalue weighted by Crippen LogP contribution is 2.37. The second-order valence-corrected chi connectivity index (χ2v) is 11.1. The molecule has 0 saturated carbocycles. The van der Waals surface area contributed by atoms with Crippen LogP contribution in [0.1, 0.15) is 38.1 Å². The van der Waals surface area contributed by atoms with Gasteiger partial charge in [-0.2, -0.15) is 9.97 Å². The van der Waals surface area contributed by atoms with Crippen LogP contribution in [-0.2, 0) is 32.2 Å². The highest BCUT2D eigenvalue weighted by molar-refractivity contribution is 6.34. The van der Waals surface area contributed by atoms with Gasteiger partial charge < -0.3 is 18.8 Å². The fourth-order valence-corrected chi connectivity index (χ4v) is 4.66. The Hall–Kier alpha value is -3.37. The molecule has 2 aromatic heterocycles. The monoisotopic (exact) mass is 566 g/mol. The minimum absolute atomic E-state index is 0.0328. The summed E-state index contributed by atoms with van der Waals surface area (Å²) in [6, 6.07) is 21.0. The predicted octanol–water partition coefficient (Wildman–Crippen LogP) is 6.11. The van der Waals surface area contributed by atoms with Crippen molar-refractivity contribution < 1.29 is 23.4 Å². The van der Waals surface area contributed by atoms with E-state index in [4.69, 9.17) is 25.8 Å². The van der Waals surface area contributed by atoms with E-state index in [1.54, 1.807) is 37.6 Å². The maximum atomic E-state index is 16.1. The molecule has 0 bridgehead atoms. The molecule has 0 unspecified atom stereocenters. The Balaban J connectivity index is 1.39. The highest BCUT2D eigenvalue weighted by atomic mass is 35.5. The maximum absolute atomic E-state index is 16.1. The molecule has 1 aliphatic rings. The number of carbonyl (C=O) groups is 1. The molecule has 0 radical (unpaired) electrons. The van der Waals surface area contributed by atoms with Crippen LogP contribution in [0.2, 0.25) is 5.15 Å². The first-order chi connectivity index (χ1) is 19.2. The number of halogens is 2. The van der Waals surface area contributed by atoms with E-state index in [1.807, 2.05) is 60.7 Å². The summed E-state index contributed by atoms with van der Waals surface area (Å²) < 4.78 is 35.9. The standard InChI is InChI=1S/C30H32ClFN4O4/c1-30(2,3)28(37)35-29-33-25(31)21-14-15-36(26(21)34-29)27-23(32)24(39-17-20-12-8-5-9-13-20)22(40-27)18-38-16-19-10-6-4-7-11-19/h4-15,22-24,27H,16-18H2,1-3H3,(H,33,34,35,37)/t22-,23-,24-,27-/m1/s1. The van der Waals surface area contributed by atoms with Gasteiger partial charge >= 0.3 is 0 Å². The number of hydrogen-bond acceptors (Lipinski definition) is 6. The third kappa shape index (κ3) is 6.33. The zero-order valence-corrected chi connectivity index (χ0v) is 23.3. The van der Waals surface area contributed by atoms with Crippen LogP contribution < -0.4 is 5.32 Å². The van der Waals surface area contributed by atoms with Gasteiger partial charge in [0.15, 0.2) is 12.4 Å². The molecule has 0 aliphatic carbocycles. The molecule has 40 heavy (non-hydrogen) atoms. The van der Waals surface area contributed by atoms with Crippen molar-refractivity contribution in [3.8, 4) is 0 Å². The van der Waals surface area contributed by atoms with Gasteiger partial charge in [-0.05, 0) is 17.2 Å². The fraction of sp³-hybridized carbons (Fsp3) is 0.367. The second kappa shape index (κ2) is 12.0. The fourth-order valence-electron chi connectivity index (χ4n) is 4.43. The summed E-state index contributed by atoms with van der Waals surface area (Å²) in [5.41, 5.74) is 1.60. The molecule has 4 aromatic rings. The molecule has 1 saturated heterocycles. The lowest BCUT2D eigenvalue weighted by Gasteiger charge is -2.20. The number of nitrogens with zero attached hydrogens (tertiary/aromatic N) is 3. The minimum atomic E-state index is -1.54. The van der Waals surface area contributed by atoms with Crippen LogP contribution in [0.15, 0.2) is 72.9 Å². The summed E-state index contributed by atoms with van der Waals surface area (Å²) in [7, 11) is 0. The molecule has 3 heterocycles. The molecule has 8 nitrogen and oxygen atoms in total. The first kappa shape index (κ1) is 28.2. The molecular formula is C30H32ClFN4O4. The van der Waals surface area contributed by atoms with Crippen molar-refractivity contribution in [2.45, 2.75) is 58.6 Å². The molecule has 0 spiro atoms. The van der Waals surface area contributed by atoms with E-state index in [1.165, 1.54) is 0 Å². The molecule has 1 amide bonds. The van der Waals surface area contributed by atoms with Crippen LogP contribution in [0.3, 0.4) is 0 Å². The van der Waals surface area contributed by atoms with E-state index in [-0.39, 0.29) is 30.2 Å². The number of alkyl halides is 1. The molecule has 5 rings (SSSR count). The summed E-state index contributed by atoms with van der Waals surface area (Å²) in [4.78, 5) is 21.2. The van der Waals surface area contributed by atoms with Gasteiger partial charge in [0.2, 0.25) is 11.9 Å². The Labute approximate surface area is 237 Å². The molecule has 210 valence electrons. The molecular weight excluding hydrogens is 535 g/mol. The number of amides is 1. The summed E-state index contributed by atoms with van der Waals surface area (Å²) in [5, 5.41) is 3.35. The lowest BCUT2D eigenvalue weighted by molar-refractivity contribution is -0.123. The highest BCUT2D eigenvalue weighted by Gasteiger charge is 2.47. The summed E-state index contributed by atoms with van der Waals surface area (Å²) in [6.45, 7) is 6.05. The molecule has 1 aliphatic heterocycles. The minimum Gasteiger partial charge on any atom is -0.374 e. The molecule has 10 heteroatoms. The Morgan fingerprint density at radius 2 is 1.68 bits per heavy atom. The van der Waals surface area contributed by atoms with Crippen LogP contribution in [0, 0.1) is 5.41 Å². The first-order valence-corrected chi connectivity index (χ1v) is 13.5. The molecule has 2 aromatic carbocycles. The number of hydrogen-bond donors (Lipinski definition) is 1. The zero-order chi connectivity index (χ0) is 28.3. The maximum Gasteiger partial charge on any atom is 0.232 e. The van der Waals surface area contributed by atoms with E-state index in [0.717, 1.165) is 11.1 Å². The Morgan fingerprint density at radius 1 is 1.02 bits per heavy atom. The number of anilines is 1. The van der Waals surface area contributed by atoms with Gasteiger partial charge in [-0.1, -0.05) is 93.0 Å². The molecule has 1 fully saturated rings. The number of carbonyl (C=O) groups excluding carboxylic acids is 1. The lowest BCUT2D eigenvalue weighted by Crippen LogP contribution is -2.34. The van der Waals surface area contributed by atoms with Crippen LogP contribution >= 0.6 is 11.6 Å². The van der Waals surface area contributed by atoms with Crippen molar-refractivity contribution in [1.82, 2.24) is 14.5 Å². The number of ether oxygens (including phenoxy) is 3. The zero-order valence-electron chi connectivity index (χ0n) is 22.6. The number of benzene rings is 2. The van der Waals surface area contributed by atoms with Crippen LogP contribution in [0.25, 0.3) is 11.0 Å². The lowest BCUT2D eigenvalue weighted by atomic mass is 9.96. The van der Waals surface area contributed by atoms with Crippen LogP contribution in [0.5, 0.6) is 0 Å². The van der Waals surface area contributed by atoms with Crippen molar-refractivity contribution in [3.63, 3.8) is 0 Å². The Kier molecular flexibility index (Phi) is 8.46. The van der Waals surface area contributed by atoms with Gasteiger partial charge in [0.05, 0.1) is 25.2 Å².